The van der Waals surface area contributed by atoms with Crippen molar-refractivity contribution in [1.82, 2.24) is 9.78 Å². The summed E-state index contributed by atoms with van der Waals surface area (Å²) in [5.74, 6) is 0.704. The molecule has 35 heavy (non-hydrogen) atoms. The Bertz CT molecular complexity index is 1210. The van der Waals surface area contributed by atoms with E-state index in [1.165, 1.54) is 5.56 Å². The SMILES string of the molecule is Cc1ccc(NC(=O)C2CCN(c3c(NC(=O)C(C)C)c(C)nn3-c3ccccc3)CC2)c(C)c1. The average molecular weight is 474 g/mol. The first-order valence-corrected chi connectivity index (χ1v) is 12.3. The second-order valence-corrected chi connectivity index (χ2v) is 9.74. The number of aromatic nitrogens is 2. The van der Waals surface area contributed by atoms with Gasteiger partial charge in [0.2, 0.25) is 11.8 Å². The fraction of sp³-hybridized carbons (Fsp3) is 0.393. The maximum atomic E-state index is 13.0. The van der Waals surface area contributed by atoms with Crippen LogP contribution in [0.1, 0.15) is 43.5 Å². The van der Waals surface area contributed by atoms with E-state index in [1.807, 2.05) is 81.8 Å². The van der Waals surface area contributed by atoms with Crippen LogP contribution in [0.25, 0.3) is 5.69 Å². The van der Waals surface area contributed by atoms with Crippen LogP contribution in [0.5, 0.6) is 0 Å². The van der Waals surface area contributed by atoms with E-state index in [1.54, 1.807) is 0 Å². The van der Waals surface area contributed by atoms with Crippen molar-refractivity contribution in [2.24, 2.45) is 11.8 Å². The normalized spacial score (nSPS) is 14.3. The van der Waals surface area contributed by atoms with Crippen LogP contribution < -0.4 is 15.5 Å². The van der Waals surface area contributed by atoms with Gasteiger partial charge in [0.25, 0.3) is 0 Å². The van der Waals surface area contributed by atoms with Crippen LogP contribution in [0.15, 0.2) is 48.5 Å². The third-order valence-corrected chi connectivity index (χ3v) is 6.61. The van der Waals surface area contributed by atoms with Crippen molar-refractivity contribution >= 4 is 29.0 Å². The predicted octanol–water partition coefficient (Wildman–Crippen LogP) is 5.25. The molecule has 2 aromatic carbocycles. The Morgan fingerprint density at radius 3 is 2.29 bits per heavy atom. The highest BCUT2D eigenvalue weighted by molar-refractivity contribution is 5.96. The third-order valence-electron chi connectivity index (χ3n) is 6.61. The Balaban J connectivity index is 1.55. The molecule has 1 aliphatic rings. The number of carbonyl (C=O) groups is 2. The number of rotatable bonds is 6. The van der Waals surface area contributed by atoms with Crippen molar-refractivity contribution in [1.29, 1.82) is 0 Å². The summed E-state index contributed by atoms with van der Waals surface area (Å²) in [6, 6.07) is 16.0. The number of aryl methyl sites for hydroxylation is 3. The maximum Gasteiger partial charge on any atom is 0.227 e. The number of nitrogens with one attached hydrogen (secondary N) is 2. The van der Waals surface area contributed by atoms with Gasteiger partial charge in [-0.25, -0.2) is 4.68 Å². The average Bonchev–Trinajstić information content (AvgIpc) is 3.17. The number of benzene rings is 2. The van der Waals surface area contributed by atoms with Gasteiger partial charge < -0.3 is 15.5 Å². The molecule has 1 aromatic heterocycles. The summed E-state index contributed by atoms with van der Waals surface area (Å²) < 4.78 is 1.90. The van der Waals surface area contributed by atoms with E-state index in [9.17, 15) is 9.59 Å². The molecule has 7 nitrogen and oxygen atoms in total. The fourth-order valence-electron chi connectivity index (χ4n) is 4.51. The molecule has 2 N–H and O–H groups in total. The molecular formula is C28H35N5O2. The minimum Gasteiger partial charge on any atom is -0.355 e. The summed E-state index contributed by atoms with van der Waals surface area (Å²) in [6.07, 6.45) is 1.46. The zero-order chi connectivity index (χ0) is 25.1. The fourth-order valence-corrected chi connectivity index (χ4v) is 4.51. The monoisotopic (exact) mass is 473 g/mol. The lowest BCUT2D eigenvalue weighted by molar-refractivity contribution is -0.120. The van der Waals surface area contributed by atoms with Crippen molar-refractivity contribution < 1.29 is 9.59 Å². The molecule has 0 bridgehead atoms. The molecule has 0 spiro atoms. The van der Waals surface area contributed by atoms with Gasteiger partial charge in [-0.15, -0.1) is 0 Å². The number of para-hydroxylation sites is 1. The molecule has 184 valence electrons. The standard InChI is InChI=1S/C28H35N5O2/c1-18(2)26(34)30-25-21(5)31-33(23-9-7-6-8-10-23)28(25)32-15-13-22(14-16-32)27(35)29-24-12-11-19(3)17-20(24)4/h6-12,17-18,22H,13-16H2,1-5H3,(H,29,35)(H,30,34). The van der Waals surface area contributed by atoms with Crippen molar-refractivity contribution in [3.05, 3.63) is 65.4 Å². The van der Waals surface area contributed by atoms with Crippen LogP contribution >= 0.6 is 0 Å². The molecule has 1 fully saturated rings. The largest absolute Gasteiger partial charge is 0.355 e. The zero-order valence-corrected chi connectivity index (χ0v) is 21.3. The highest BCUT2D eigenvalue weighted by Crippen LogP contribution is 2.35. The predicted molar refractivity (Wildman–Crippen MR) is 141 cm³/mol. The molecule has 0 unspecified atom stereocenters. The zero-order valence-electron chi connectivity index (χ0n) is 21.3. The van der Waals surface area contributed by atoms with Gasteiger partial charge in [0, 0.05) is 30.6 Å². The van der Waals surface area contributed by atoms with Gasteiger partial charge >= 0.3 is 0 Å². The van der Waals surface area contributed by atoms with E-state index >= 15 is 0 Å². The molecule has 7 heteroatoms. The van der Waals surface area contributed by atoms with E-state index in [0.29, 0.717) is 13.1 Å². The number of carbonyl (C=O) groups excluding carboxylic acids is 2. The van der Waals surface area contributed by atoms with Crippen LogP contribution in [0.3, 0.4) is 0 Å². The molecular weight excluding hydrogens is 438 g/mol. The topological polar surface area (TPSA) is 79.3 Å². The lowest BCUT2D eigenvalue weighted by Crippen LogP contribution is -2.39. The second-order valence-electron chi connectivity index (χ2n) is 9.74. The van der Waals surface area contributed by atoms with Crippen LogP contribution in [-0.4, -0.2) is 34.7 Å². The Morgan fingerprint density at radius 2 is 1.66 bits per heavy atom. The summed E-state index contributed by atoms with van der Waals surface area (Å²) >= 11 is 0. The van der Waals surface area contributed by atoms with Gasteiger partial charge in [0.15, 0.2) is 5.82 Å². The summed E-state index contributed by atoms with van der Waals surface area (Å²) in [5.41, 5.74) is 5.58. The molecule has 3 aromatic rings. The molecule has 4 rings (SSSR count). The van der Waals surface area contributed by atoms with E-state index in [-0.39, 0.29) is 23.7 Å². The van der Waals surface area contributed by atoms with E-state index in [4.69, 9.17) is 5.10 Å². The molecule has 0 aliphatic carbocycles. The molecule has 2 heterocycles. The molecule has 2 amide bonds. The van der Waals surface area contributed by atoms with Crippen LogP contribution in [-0.2, 0) is 9.59 Å². The lowest BCUT2D eigenvalue weighted by Gasteiger charge is -2.34. The molecule has 1 aliphatic heterocycles. The number of hydrogen-bond donors (Lipinski definition) is 2. The summed E-state index contributed by atoms with van der Waals surface area (Å²) in [6.45, 7) is 11.2. The molecule has 0 saturated carbocycles. The Morgan fingerprint density at radius 1 is 0.971 bits per heavy atom. The molecule has 1 saturated heterocycles. The van der Waals surface area contributed by atoms with Crippen molar-refractivity contribution in [2.45, 2.75) is 47.5 Å². The highest BCUT2D eigenvalue weighted by Gasteiger charge is 2.30. The molecule has 0 atom stereocenters. The van der Waals surface area contributed by atoms with Crippen molar-refractivity contribution in [2.75, 3.05) is 28.6 Å². The Hall–Kier alpha value is -3.61. The maximum absolute atomic E-state index is 13.0. The summed E-state index contributed by atoms with van der Waals surface area (Å²) in [7, 11) is 0. The number of piperidine rings is 1. The van der Waals surface area contributed by atoms with Gasteiger partial charge in [-0.3, -0.25) is 9.59 Å². The number of nitrogens with zero attached hydrogens (tertiary/aromatic N) is 3. The summed E-state index contributed by atoms with van der Waals surface area (Å²) in [4.78, 5) is 27.9. The van der Waals surface area contributed by atoms with Gasteiger partial charge in [-0.05, 0) is 57.4 Å². The van der Waals surface area contributed by atoms with Crippen LogP contribution in [0.4, 0.5) is 17.2 Å². The van der Waals surface area contributed by atoms with Crippen molar-refractivity contribution in [3.63, 3.8) is 0 Å². The minimum absolute atomic E-state index is 0.0373. The van der Waals surface area contributed by atoms with Crippen LogP contribution in [0.2, 0.25) is 0 Å². The quantitative estimate of drug-likeness (QED) is 0.513. The summed E-state index contributed by atoms with van der Waals surface area (Å²) in [5, 5.41) is 11.0. The van der Waals surface area contributed by atoms with E-state index in [2.05, 4.69) is 21.6 Å². The smallest absolute Gasteiger partial charge is 0.227 e. The first-order valence-electron chi connectivity index (χ1n) is 12.3. The van der Waals surface area contributed by atoms with Gasteiger partial charge in [-0.1, -0.05) is 49.7 Å². The number of amides is 2. The number of anilines is 3. The first-order chi connectivity index (χ1) is 16.7. The molecule has 0 radical (unpaired) electrons. The van der Waals surface area contributed by atoms with Gasteiger partial charge in [0.05, 0.1) is 11.4 Å². The van der Waals surface area contributed by atoms with Gasteiger partial charge in [0.1, 0.15) is 5.69 Å². The second kappa shape index (κ2) is 10.3. The Kier molecular flexibility index (Phi) is 7.24. The van der Waals surface area contributed by atoms with Gasteiger partial charge in [-0.2, -0.15) is 5.10 Å². The van der Waals surface area contributed by atoms with Crippen LogP contribution in [0, 0.1) is 32.6 Å². The Labute approximate surface area is 207 Å². The van der Waals surface area contributed by atoms with Crippen molar-refractivity contribution in [3.8, 4) is 5.69 Å². The third kappa shape index (κ3) is 5.39. The van der Waals surface area contributed by atoms with E-state index < -0.39 is 0 Å². The first kappa shape index (κ1) is 24.5. The highest BCUT2D eigenvalue weighted by atomic mass is 16.2. The number of hydrogen-bond acceptors (Lipinski definition) is 4. The lowest BCUT2D eigenvalue weighted by atomic mass is 9.95. The minimum atomic E-state index is -0.137. The van der Waals surface area contributed by atoms with E-state index in [0.717, 1.165) is 47.0 Å².